The summed E-state index contributed by atoms with van der Waals surface area (Å²) in [6.07, 6.45) is 3.29. The van der Waals surface area contributed by atoms with Gasteiger partial charge >= 0.3 is 0 Å². The number of nitrogens with zero attached hydrogens (tertiary/aromatic N) is 2. The van der Waals surface area contributed by atoms with Gasteiger partial charge in [-0.05, 0) is 43.4 Å². The van der Waals surface area contributed by atoms with Crippen LogP contribution in [-0.2, 0) is 19.7 Å². The molecule has 3 fully saturated rings. The maximum Gasteiger partial charge on any atom is 0.233 e. The molecule has 5 nitrogen and oxygen atoms in total. The van der Waals surface area contributed by atoms with Crippen molar-refractivity contribution < 1.29 is 14.3 Å². The number of piperidine rings is 1. The Labute approximate surface area is 159 Å². The fraction of sp³-hybridized carbons (Fsp3) is 0.600. The molecule has 0 N–H and O–H groups in total. The molecule has 2 heterocycles. The molecule has 0 aromatic heterocycles. The second kappa shape index (κ2) is 7.20. The minimum atomic E-state index is -0.383. The van der Waals surface area contributed by atoms with Gasteiger partial charge in [0.25, 0.3) is 0 Å². The van der Waals surface area contributed by atoms with Crippen LogP contribution < -0.4 is 0 Å². The number of carbonyl (C=O) groups is 2. The Bertz CT molecular complexity index is 690. The number of ether oxygens (including phenoxy) is 1. The van der Waals surface area contributed by atoms with E-state index in [4.69, 9.17) is 16.3 Å². The molecular weight excluding hydrogens is 352 g/mol. The molecule has 0 atom stereocenters. The van der Waals surface area contributed by atoms with Crippen molar-refractivity contribution in [1.29, 1.82) is 0 Å². The summed E-state index contributed by atoms with van der Waals surface area (Å²) in [5.41, 5.74) is 0.646. The monoisotopic (exact) mass is 376 g/mol. The van der Waals surface area contributed by atoms with E-state index < -0.39 is 0 Å². The van der Waals surface area contributed by atoms with E-state index in [0.29, 0.717) is 44.4 Å². The fourth-order valence-electron chi connectivity index (χ4n) is 4.21. The lowest BCUT2D eigenvalue weighted by Gasteiger charge is -2.37. The highest BCUT2D eigenvalue weighted by Gasteiger charge is 2.53. The van der Waals surface area contributed by atoms with Crippen molar-refractivity contribution in [3.63, 3.8) is 0 Å². The van der Waals surface area contributed by atoms with E-state index in [1.807, 2.05) is 34.1 Å². The summed E-state index contributed by atoms with van der Waals surface area (Å²) in [7, 11) is 0. The largest absolute Gasteiger partial charge is 0.378 e. The van der Waals surface area contributed by atoms with Crippen molar-refractivity contribution in [3.8, 4) is 0 Å². The number of hydrogen-bond acceptors (Lipinski definition) is 3. The van der Waals surface area contributed by atoms with Gasteiger partial charge < -0.3 is 14.5 Å². The highest BCUT2D eigenvalue weighted by Crippen LogP contribution is 2.50. The predicted molar refractivity (Wildman–Crippen MR) is 99.1 cm³/mol. The van der Waals surface area contributed by atoms with Gasteiger partial charge in [0.2, 0.25) is 11.8 Å². The van der Waals surface area contributed by atoms with Gasteiger partial charge in [-0.15, -0.1) is 0 Å². The Hall–Kier alpha value is -1.59. The van der Waals surface area contributed by atoms with E-state index in [-0.39, 0.29) is 23.1 Å². The van der Waals surface area contributed by atoms with Gasteiger partial charge in [0.15, 0.2) is 0 Å². The number of morpholine rings is 1. The molecule has 26 heavy (non-hydrogen) atoms. The van der Waals surface area contributed by atoms with Crippen molar-refractivity contribution in [2.75, 3.05) is 39.4 Å². The van der Waals surface area contributed by atoms with E-state index in [2.05, 4.69) is 0 Å². The number of likely N-dealkylation sites (tertiary alicyclic amines) is 1. The summed E-state index contributed by atoms with van der Waals surface area (Å²) >= 11 is 6.12. The van der Waals surface area contributed by atoms with Crippen LogP contribution in [0, 0.1) is 5.92 Å². The van der Waals surface area contributed by atoms with Crippen LogP contribution in [0.25, 0.3) is 0 Å². The van der Waals surface area contributed by atoms with Crippen LogP contribution in [-0.4, -0.2) is 61.0 Å². The summed E-state index contributed by atoms with van der Waals surface area (Å²) in [6, 6.07) is 7.68. The number of benzene rings is 1. The van der Waals surface area contributed by atoms with Crippen LogP contribution in [0.4, 0.5) is 0 Å². The highest BCUT2D eigenvalue weighted by molar-refractivity contribution is 6.30. The van der Waals surface area contributed by atoms with Gasteiger partial charge in [-0.1, -0.05) is 23.7 Å². The van der Waals surface area contributed by atoms with Crippen LogP contribution in [0.15, 0.2) is 24.3 Å². The van der Waals surface area contributed by atoms with Crippen molar-refractivity contribution in [1.82, 2.24) is 9.80 Å². The van der Waals surface area contributed by atoms with Crippen LogP contribution in [0.3, 0.4) is 0 Å². The average Bonchev–Trinajstić information content (AvgIpc) is 3.50. The summed E-state index contributed by atoms with van der Waals surface area (Å²) in [4.78, 5) is 29.7. The second-order valence-electron chi connectivity index (χ2n) is 7.60. The number of carbonyl (C=O) groups excluding carboxylic acids is 2. The summed E-state index contributed by atoms with van der Waals surface area (Å²) in [5.74, 6) is 0.479. The van der Waals surface area contributed by atoms with Gasteiger partial charge in [0.1, 0.15) is 0 Å². The lowest BCUT2D eigenvalue weighted by Crippen LogP contribution is -2.49. The van der Waals surface area contributed by atoms with Crippen LogP contribution in [0.1, 0.15) is 31.2 Å². The molecular formula is C20H25ClN2O3. The molecule has 1 aromatic carbocycles. The molecule has 2 saturated heterocycles. The van der Waals surface area contributed by atoms with Crippen molar-refractivity contribution in [2.24, 2.45) is 5.92 Å². The van der Waals surface area contributed by atoms with Crippen LogP contribution in [0.5, 0.6) is 0 Å². The first kappa shape index (κ1) is 17.8. The first-order valence-corrected chi connectivity index (χ1v) is 9.90. The smallest absolute Gasteiger partial charge is 0.233 e. The molecule has 6 heteroatoms. The standard InChI is InChI=1S/C20H25ClN2O3/c21-17-3-1-2-16(14-17)20(6-7-20)19(25)23-8-4-15(5-9-23)18(24)22-10-12-26-13-11-22/h1-3,14-15H,4-13H2. The third kappa shape index (κ3) is 3.35. The predicted octanol–water partition coefficient (Wildman–Crippen LogP) is 2.47. The van der Waals surface area contributed by atoms with E-state index in [1.165, 1.54) is 0 Å². The number of hydrogen-bond donors (Lipinski definition) is 0. The molecule has 1 saturated carbocycles. The Morgan fingerprint density at radius 1 is 1.04 bits per heavy atom. The molecule has 3 aliphatic rings. The summed E-state index contributed by atoms with van der Waals surface area (Å²) < 4.78 is 5.32. The molecule has 2 amide bonds. The topological polar surface area (TPSA) is 49.9 Å². The maximum absolute atomic E-state index is 13.1. The quantitative estimate of drug-likeness (QED) is 0.814. The van der Waals surface area contributed by atoms with E-state index >= 15 is 0 Å². The van der Waals surface area contributed by atoms with Crippen LogP contribution in [0.2, 0.25) is 5.02 Å². The van der Waals surface area contributed by atoms with Gasteiger partial charge in [-0.2, -0.15) is 0 Å². The molecule has 0 bridgehead atoms. The maximum atomic E-state index is 13.1. The normalized spacial score (nSPS) is 23.0. The molecule has 0 spiro atoms. The molecule has 0 radical (unpaired) electrons. The molecule has 1 aromatic rings. The minimum Gasteiger partial charge on any atom is -0.378 e. The molecule has 2 aliphatic heterocycles. The molecule has 140 valence electrons. The first-order chi connectivity index (χ1) is 12.6. The molecule has 4 rings (SSSR count). The Kier molecular flexibility index (Phi) is 4.93. The number of halogens is 1. The van der Waals surface area contributed by atoms with Gasteiger partial charge in [0.05, 0.1) is 18.6 Å². The zero-order valence-corrected chi connectivity index (χ0v) is 15.7. The Balaban J connectivity index is 1.37. The van der Waals surface area contributed by atoms with Crippen molar-refractivity contribution >= 4 is 23.4 Å². The minimum absolute atomic E-state index is 0.0403. The lowest BCUT2D eigenvalue weighted by atomic mass is 9.90. The number of amides is 2. The Morgan fingerprint density at radius 2 is 1.73 bits per heavy atom. The van der Waals surface area contributed by atoms with Gasteiger partial charge in [-0.3, -0.25) is 9.59 Å². The fourth-order valence-corrected chi connectivity index (χ4v) is 4.40. The summed E-state index contributed by atoms with van der Waals surface area (Å²) in [5, 5.41) is 0.677. The zero-order valence-electron chi connectivity index (χ0n) is 15.0. The van der Waals surface area contributed by atoms with E-state index in [9.17, 15) is 9.59 Å². The zero-order chi connectivity index (χ0) is 18.1. The molecule has 0 unspecified atom stereocenters. The van der Waals surface area contributed by atoms with Crippen molar-refractivity contribution in [2.45, 2.75) is 31.1 Å². The second-order valence-corrected chi connectivity index (χ2v) is 8.03. The summed E-state index contributed by atoms with van der Waals surface area (Å²) in [6.45, 7) is 3.98. The third-order valence-corrected chi connectivity index (χ3v) is 6.23. The van der Waals surface area contributed by atoms with Gasteiger partial charge in [0, 0.05) is 37.1 Å². The Morgan fingerprint density at radius 3 is 2.35 bits per heavy atom. The molecule has 1 aliphatic carbocycles. The SMILES string of the molecule is O=C(C1CCN(C(=O)C2(c3cccc(Cl)c3)CC2)CC1)N1CCOCC1. The lowest BCUT2D eigenvalue weighted by molar-refractivity contribution is -0.144. The van der Waals surface area contributed by atoms with E-state index in [0.717, 1.165) is 31.2 Å². The third-order valence-electron chi connectivity index (χ3n) is 5.99. The van der Waals surface area contributed by atoms with E-state index in [1.54, 1.807) is 0 Å². The first-order valence-electron chi connectivity index (χ1n) is 9.52. The van der Waals surface area contributed by atoms with Crippen molar-refractivity contribution in [3.05, 3.63) is 34.9 Å². The average molecular weight is 377 g/mol. The highest BCUT2D eigenvalue weighted by atomic mass is 35.5. The van der Waals surface area contributed by atoms with Gasteiger partial charge in [-0.25, -0.2) is 0 Å². The number of rotatable bonds is 3. The van der Waals surface area contributed by atoms with Crippen LogP contribution >= 0.6 is 11.6 Å².